The highest BCUT2D eigenvalue weighted by atomic mass is 16.5. The maximum absolute atomic E-state index is 11.2. The molecule has 1 fully saturated rings. The summed E-state index contributed by atoms with van der Waals surface area (Å²) in [6.45, 7) is 3.26. The van der Waals surface area contributed by atoms with Crippen LogP contribution in [0, 0.1) is 6.92 Å². The molecule has 0 bridgehead atoms. The van der Waals surface area contributed by atoms with Crippen LogP contribution in [0.15, 0.2) is 18.6 Å². The zero-order chi connectivity index (χ0) is 16.0. The van der Waals surface area contributed by atoms with Crippen LogP contribution in [0.25, 0.3) is 16.8 Å². The largest absolute Gasteiger partial charge is 0.453 e. The van der Waals surface area contributed by atoms with Gasteiger partial charge in [0.1, 0.15) is 6.33 Å². The Kier molecular flexibility index (Phi) is 3.00. The molecule has 4 rings (SSSR count). The van der Waals surface area contributed by atoms with Gasteiger partial charge in [0.15, 0.2) is 11.5 Å². The lowest BCUT2D eigenvalue weighted by molar-refractivity contribution is 0.164. The molecule has 118 valence electrons. The van der Waals surface area contributed by atoms with Crippen LogP contribution in [0.5, 0.6) is 0 Å². The molecule has 9 nitrogen and oxygen atoms in total. The summed E-state index contributed by atoms with van der Waals surface area (Å²) >= 11 is 0. The maximum Gasteiger partial charge on any atom is 0.407 e. The summed E-state index contributed by atoms with van der Waals surface area (Å²) in [5.41, 5.74) is 3.25. The van der Waals surface area contributed by atoms with E-state index in [4.69, 9.17) is 0 Å². The van der Waals surface area contributed by atoms with Crippen molar-refractivity contribution in [3.05, 3.63) is 24.2 Å². The van der Waals surface area contributed by atoms with Gasteiger partial charge in [0.2, 0.25) is 5.65 Å². The van der Waals surface area contributed by atoms with Gasteiger partial charge in [0.05, 0.1) is 18.7 Å². The second-order valence-corrected chi connectivity index (χ2v) is 5.55. The lowest BCUT2D eigenvalue weighted by atomic mass is 10.1. The van der Waals surface area contributed by atoms with Gasteiger partial charge in [-0.2, -0.15) is 0 Å². The molecule has 0 aliphatic carbocycles. The number of hydrogen-bond acceptors (Lipinski definition) is 7. The van der Waals surface area contributed by atoms with E-state index in [2.05, 4.69) is 30.2 Å². The van der Waals surface area contributed by atoms with Crippen LogP contribution >= 0.6 is 0 Å². The molecule has 0 spiro atoms. The first kappa shape index (κ1) is 13.7. The first-order chi connectivity index (χ1) is 11.2. The minimum Gasteiger partial charge on any atom is -0.453 e. The summed E-state index contributed by atoms with van der Waals surface area (Å²) in [5, 5.41) is 10.9. The number of aromatic nitrogens is 5. The fraction of sp³-hybridized carbons (Fsp3) is 0.357. The number of nitrogens with zero attached hydrogens (tertiary/aromatic N) is 6. The smallest absolute Gasteiger partial charge is 0.407 e. The lowest BCUT2D eigenvalue weighted by Gasteiger charge is -2.39. The molecule has 0 atom stereocenters. The summed E-state index contributed by atoms with van der Waals surface area (Å²) in [6.07, 6.45) is 3.02. The van der Waals surface area contributed by atoms with E-state index in [9.17, 15) is 4.79 Å². The summed E-state index contributed by atoms with van der Waals surface area (Å²) in [4.78, 5) is 22.3. The van der Waals surface area contributed by atoms with Crippen LogP contribution in [-0.2, 0) is 4.74 Å². The Balaban J connectivity index is 1.69. The van der Waals surface area contributed by atoms with E-state index < -0.39 is 6.09 Å². The molecule has 0 unspecified atom stereocenters. The number of fused-ring (bicyclic) bond motifs is 3. The number of hydrogen-bond donors (Lipinski definition) is 1. The Morgan fingerprint density at radius 2 is 2.26 bits per heavy atom. The summed E-state index contributed by atoms with van der Waals surface area (Å²) in [7, 11) is 1.35. The van der Waals surface area contributed by atoms with E-state index in [1.54, 1.807) is 12.5 Å². The highest BCUT2D eigenvalue weighted by molar-refractivity contribution is 5.81. The van der Waals surface area contributed by atoms with Gasteiger partial charge in [-0.15, -0.1) is 10.2 Å². The predicted molar refractivity (Wildman–Crippen MR) is 82.4 cm³/mol. The van der Waals surface area contributed by atoms with Gasteiger partial charge < -0.3 is 15.0 Å². The molecule has 1 N–H and O–H groups in total. The fourth-order valence-electron chi connectivity index (χ4n) is 2.70. The minimum atomic E-state index is -0.425. The standard InChI is InChI=1S/C14H15N7O2/c1-8-3-10-11(15-4-8)18-12(13-19-16-7-21(10)13)20-5-9(6-20)17-14(22)23-2/h3-4,7,9H,5-6H2,1-2H3,(H,17,22). The quantitative estimate of drug-likeness (QED) is 0.736. The van der Waals surface area contributed by atoms with Gasteiger partial charge in [-0.3, -0.25) is 4.40 Å². The maximum atomic E-state index is 11.2. The zero-order valence-electron chi connectivity index (χ0n) is 12.7. The molecular weight excluding hydrogens is 298 g/mol. The molecular formula is C14H15N7O2. The van der Waals surface area contributed by atoms with Gasteiger partial charge in [0.25, 0.3) is 0 Å². The van der Waals surface area contributed by atoms with Crippen LogP contribution in [0.2, 0.25) is 0 Å². The number of amides is 1. The molecule has 1 saturated heterocycles. The van der Waals surface area contributed by atoms with Crippen LogP contribution < -0.4 is 10.2 Å². The van der Waals surface area contributed by atoms with E-state index in [1.165, 1.54) is 7.11 Å². The highest BCUT2D eigenvalue weighted by Gasteiger charge is 2.31. The van der Waals surface area contributed by atoms with E-state index in [1.807, 2.05) is 22.3 Å². The average Bonchev–Trinajstić information content (AvgIpc) is 3.00. The number of pyridine rings is 1. The Labute approximate surface area is 131 Å². The molecule has 1 amide bonds. The topological polar surface area (TPSA) is 97.5 Å². The number of anilines is 1. The zero-order valence-corrected chi connectivity index (χ0v) is 12.7. The van der Waals surface area contributed by atoms with E-state index in [-0.39, 0.29) is 6.04 Å². The van der Waals surface area contributed by atoms with Crippen LogP contribution in [0.4, 0.5) is 10.6 Å². The van der Waals surface area contributed by atoms with Crippen molar-refractivity contribution in [1.29, 1.82) is 0 Å². The number of aryl methyl sites for hydroxylation is 1. The molecule has 0 saturated carbocycles. The molecule has 1 aliphatic rings. The predicted octanol–water partition coefficient (Wildman–Crippen LogP) is 0.526. The van der Waals surface area contributed by atoms with E-state index in [0.717, 1.165) is 11.1 Å². The van der Waals surface area contributed by atoms with Gasteiger partial charge in [-0.1, -0.05) is 0 Å². The monoisotopic (exact) mass is 313 g/mol. The third-order valence-corrected chi connectivity index (χ3v) is 3.89. The van der Waals surface area contributed by atoms with Crippen molar-refractivity contribution in [1.82, 2.24) is 29.9 Å². The third-order valence-electron chi connectivity index (χ3n) is 3.89. The third kappa shape index (κ3) is 2.20. The molecule has 0 radical (unpaired) electrons. The number of rotatable bonds is 2. The van der Waals surface area contributed by atoms with Gasteiger partial charge >= 0.3 is 6.09 Å². The number of alkyl carbamates (subject to hydrolysis) is 1. The summed E-state index contributed by atoms with van der Waals surface area (Å²) < 4.78 is 6.49. The number of carbonyl (C=O) groups is 1. The van der Waals surface area contributed by atoms with Crippen molar-refractivity contribution in [3.8, 4) is 0 Å². The normalized spacial score (nSPS) is 15.0. The molecule has 1 aliphatic heterocycles. The van der Waals surface area contributed by atoms with Gasteiger partial charge in [0, 0.05) is 19.3 Å². The van der Waals surface area contributed by atoms with Crippen molar-refractivity contribution in [2.45, 2.75) is 13.0 Å². The summed E-state index contributed by atoms with van der Waals surface area (Å²) in [6, 6.07) is 2.04. The van der Waals surface area contributed by atoms with Gasteiger partial charge in [-0.25, -0.2) is 14.8 Å². The fourth-order valence-corrected chi connectivity index (χ4v) is 2.70. The molecule has 9 heteroatoms. The van der Waals surface area contributed by atoms with Crippen LogP contribution in [-0.4, -0.2) is 56.9 Å². The van der Waals surface area contributed by atoms with Crippen molar-refractivity contribution >= 4 is 28.7 Å². The SMILES string of the molecule is COC(=O)NC1CN(c2nc3ncc(C)cc3n3cnnc23)C1. The van der Waals surface area contributed by atoms with Gasteiger partial charge in [-0.05, 0) is 18.6 Å². The molecule has 4 heterocycles. The number of methoxy groups -OCH3 is 1. The van der Waals surface area contributed by atoms with Crippen molar-refractivity contribution in [2.24, 2.45) is 0 Å². The minimum absolute atomic E-state index is 0.0360. The number of carbonyl (C=O) groups excluding carboxylic acids is 1. The average molecular weight is 313 g/mol. The van der Waals surface area contributed by atoms with Crippen LogP contribution in [0.3, 0.4) is 0 Å². The number of nitrogens with one attached hydrogen (secondary N) is 1. The Morgan fingerprint density at radius 3 is 3.04 bits per heavy atom. The first-order valence-electron chi connectivity index (χ1n) is 7.21. The van der Waals surface area contributed by atoms with E-state index >= 15 is 0 Å². The first-order valence-corrected chi connectivity index (χ1v) is 7.21. The molecule has 23 heavy (non-hydrogen) atoms. The molecule has 0 aromatic carbocycles. The van der Waals surface area contributed by atoms with Crippen LogP contribution in [0.1, 0.15) is 5.56 Å². The lowest BCUT2D eigenvalue weighted by Crippen LogP contribution is -2.59. The summed E-state index contributed by atoms with van der Waals surface area (Å²) in [5.74, 6) is 0.717. The van der Waals surface area contributed by atoms with Crippen molar-refractivity contribution < 1.29 is 9.53 Å². The molecule has 3 aromatic rings. The number of ether oxygens (including phenoxy) is 1. The Morgan fingerprint density at radius 1 is 1.43 bits per heavy atom. The Hall–Kier alpha value is -2.97. The Bertz CT molecular complexity index is 901. The second kappa shape index (κ2) is 5.04. The van der Waals surface area contributed by atoms with E-state index in [0.29, 0.717) is 30.2 Å². The highest BCUT2D eigenvalue weighted by Crippen LogP contribution is 2.26. The van der Waals surface area contributed by atoms with Crippen molar-refractivity contribution in [2.75, 3.05) is 25.1 Å². The second-order valence-electron chi connectivity index (χ2n) is 5.55. The molecule has 3 aromatic heterocycles. The van der Waals surface area contributed by atoms with Crippen molar-refractivity contribution in [3.63, 3.8) is 0 Å².